The minimum absolute atomic E-state index is 0.315. The minimum Gasteiger partial charge on any atom is -0.381 e. The summed E-state index contributed by atoms with van der Waals surface area (Å²) in [5.41, 5.74) is 0.660. The van der Waals surface area contributed by atoms with Crippen LogP contribution in [0.2, 0.25) is 0 Å². The molecule has 1 aliphatic heterocycles. The highest BCUT2D eigenvalue weighted by molar-refractivity contribution is 7.89. The molecule has 1 fully saturated rings. The Morgan fingerprint density at radius 3 is 2.38 bits per heavy atom. The summed E-state index contributed by atoms with van der Waals surface area (Å²) >= 11 is 0. The van der Waals surface area contributed by atoms with Crippen LogP contribution in [0.15, 0.2) is 29.2 Å². The Balaban J connectivity index is 2.08. The third-order valence-electron chi connectivity index (χ3n) is 3.79. The molecule has 2 N–H and O–H groups in total. The smallest absolute Gasteiger partial charge is 0.241 e. The lowest BCUT2D eigenvalue weighted by atomic mass is 9.94. The predicted molar refractivity (Wildman–Crippen MR) is 82.6 cm³/mol. The zero-order chi connectivity index (χ0) is 15.3. The Morgan fingerprint density at radius 1 is 1.19 bits per heavy atom. The third-order valence-corrected chi connectivity index (χ3v) is 5.44. The number of nitrogens with one attached hydrogen (secondary N) is 2. The predicted octanol–water partition coefficient (Wildman–Crippen LogP) is 1.64. The highest BCUT2D eigenvalue weighted by atomic mass is 32.2. The van der Waals surface area contributed by atoms with Gasteiger partial charge in [0.2, 0.25) is 10.0 Å². The fourth-order valence-electron chi connectivity index (χ4n) is 2.36. The molecule has 1 aromatic carbocycles. The highest BCUT2D eigenvalue weighted by Crippen LogP contribution is 2.23. The molecular weight excluding hydrogens is 288 g/mol. The number of hydrogen-bond acceptors (Lipinski definition) is 4. The second kappa shape index (κ2) is 6.87. The Morgan fingerprint density at radius 2 is 1.81 bits per heavy atom. The van der Waals surface area contributed by atoms with Gasteiger partial charge in [-0.1, -0.05) is 19.1 Å². The van der Waals surface area contributed by atoms with Gasteiger partial charge in [0.25, 0.3) is 0 Å². The van der Waals surface area contributed by atoms with Crippen LogP contribution < -0.4 is 10.0 Å². The monoisotopic (exact) mass is 312 g/mol. The first-order valence-corrected chi connectivity index (χ1v) is 8.85. The fourth-order valence-corrected chi connectivity index (χ4v) is 3.83. The molecule has 0 bridgehead atoms. The van der Waals surface area contributed by atoms with Crippen molar-refractivity contribution in [3.8, 4) is 0 Å². The van der Waals surface area contributed by atoms with Gasteiger partial charge in [0, 0.05) is 25.3 Å². The number of benzene rings is 1. The van der Waals surface area contributed by atoms with E-state index in [1.807, 2.05) is 26.0 Å². The van der Waals surface area contributed by atoms with Gasteiger partial charge in [-0.2, -0.15) is 0 Å². The normalized spacial score (nSPS) is 18.6. The maximum Gasteiger partial charge on any atom is 0.241 e. The Hall–Kier alpha value is -0.950. The Kier molecular flexibility index (Phi) is 5.37. The van der Waals surface area contributed by atoms with Crippen LogP contribution in [0.25, 0.3) is 0 Å². The van der Waals surface area contributed by atoms with Crippen LogP contribution in [0.4, 0.5) is 0 Å². The Labute approximate surface area is 127 Å². The van der Waals surface area contributed by atoms with E-state index in [1.54, 1.807) is 12.1 Å². The summed E-state index contributed by atoms with van der Waals surface area (Å²) in [7, 11) is -3.48. The van der Waals surface area contributed by atoms with Crippen LogP contribution in [0, 0.1) is 0 Å². The van der Waals surface area contributed by atoms with Gasteiger partial charge >= 0.3 is 0 Å². The van der Waals surface area contributed by atoms with Crippen molar-refractivity contribution in [2.24, 2.45) is 0 Å². The van der Waals surface area contributed by atoms with E-state index in [1.165, 1.54) is 0 Å². The average molecular weight is 312 g/mol. The van der Waals surface area contributed by atoms with Crippen molar-refractivity contribution in [1.82, 2.24) is 10.0 Å². The first kappa shape index (κ1) is 16.4. The molecule has 6 heteroatoms. The lowest BCUT2D eigenvalue weighted by Crippen LogP contribution is -2.49. The van der Waals surface area contributed by atoms with Crippen molar-refractivity contribution in [3.05, 3.63) is 29.8 Å². The molecule has 0 aliphatic carbocycles. The van der Waals surface area contributed by atoms with Crippen LogP contribution >= 0.6 is 0 Å². The molecule has 0 saturated carbocycles. The molecule has 0 amide bonds. The van der Waals surface area contributed by atoms with Gasteiger partial charge < -0.3 is 10.1 Å². The molecule has 0 spiro atoms. The van der Waals surface area contributed by atoms with Crippen molar-refractivity contribution in [3.63, 3.8) is 0 Å². The quantitative estimate of drug-likeness (QED) is 0.838. The molecule has 0 unspecified atom stereocenters. The van der Waals surface area contributed by atoms with E-state index in [2.05, 4.69) is 10.0 Å². The summed E-state index contributed by atoms with van der Waals surface area (Å²) in [4.78, 5) is 0.315. The number of hydrogen-bond donors (Lipinski definition) is 2. The molecule has 0 atom stereocenters. The van der Waals surface area contributed by atoms with Crippen molar-refractivity contribution < 1.29 is 13.2 Å². The topological polar surface area (TPSA) is 67.4 Å². The van der Waals surface area contributed by atoms with E-state index >= 15 is 0 Å². The molecule has 1 aromatic rings. The third kappa shape index (κ3) is 4.51. The summed E-state index contributed by atoms with van der Waals surface area (Å²) in [6.07, 6.45) is 1.40. The molecule has 118 valence electrons. The van der Waals surface area contributed by atoms with E-state index in [0.29, 0.717) is 31.0 Å². The SMILES string of the molecule is CCNCc1ccc(S(=O)(=O)NC2(C)CCOCC2)cc1. The van der Waals surface area contributed by atoms with Gasteiger partial charge in [-0.25, -0.2) is 13.1 Å². The van der Waals surface area contributed by atoms with Gasteiger partial charge in [-0.05, 0) is 44.0 Å². The second-order valence-corrected chi connectivity index (χ2v) is 7.39. The Bertz CT molecular complexity index is 549. The van der Waals surface area contributed by atoms with Crippen molar-refractivity contribution in [2.75, 3.05) is 19.8 Å². The van der Waals surface area contributed by atoms with Crippen LogP contribution in [0.5, 0.6) is 0 Å². The summed E-state index contributed by atoms with van der Waals surface area (Å²) < 4.78 is 33.1. The van der Waals surface area contributed by atoms with E-state index in [9.17, 15) is 8.42 Å². The van der Waals surface area contributed by atoms with Gasteiger partial charge in [0.05, 0.1) is 4.90 Å². The molecule has 1 heterocycles. The van der Waals surface area contributed by atoms with Crippen molar-refractivity contribution in [2.45, 2.75) is 43.7 Å². The van der Waals surface area contributed by atoms with E-state index in [0.717, 1.165) is 18.7 Å². The largest absolute Gasteiger partial charge is 0.381 e. The summed E-state index contributed by atoms with van der Waals surface area (Å²) in [5.74, 6) is 0. The fraction of sp³-hybridized carbons (Fsp3) is 0.600. The summed E-state index contributed by atoms with van der Waals surface area (Å²) in [6, 6.07) is 7.03. The van der Waals surface area contributed by atoms with Gasteiger partial charge in [0.1, 0.15) is 0 Å². The lowest BCUT2D eigenvalue weighted by molar-refractivity contribution is 0.0537. The number of sulfonamides is 1. The zero-order valence-corrected chi connectivity index (χ0v) is 13.5. The van der Waals surface area contributed by atoms with Gasteiger partial charge in [0.15, 0.2) is 0 Å². The first-order valence-electron chi connectivity index (χ1n) is 7.37. The first-order chi connectivity index (χ1) is 9.95. The molecule has 0 aromatic heterocycles. The van der Waals surface area contributed by atoms with E-state index < -0.39 is 15.6 Å². The van der Waals surface area contributed by atoms with Gasteiger partial charge in [-0.15, -0.1) is 0 Å². The standard InChI is InChI=1S/C15H24N2O3S/c1-3-16-12-13-4-6-14(7-5-13)21(18,19)17-15(2)8-10-20-11-9-15/h4-7,16-17H,3,8-12H2,1-2H3. The van der Waals surface area contributed by atoms with Crippen LogP contribution in [-0.4, -0.2) is 33.7 Å². The van der Waals surface area contributed by atoms with Crippen LogP contribution in [-0.2, 0) is 21.3 Å². The summed E-state index contributed by atoms with van der Waals surface area (Å²) in [5, 5.41) is 3.22. The van der Waals surface area contributed by atoms with Crippen molar-refractivity contribution >= 4 is 10.0 Å². The molecule has 0 radical (unpaired) electrons. The molecule has 2 rings (SSSR count). The molecule has 1 aliphatic rings. The molecule has 1 saturated heterocycles. The number of rotatable bonds is 6. The summed E-state index contributed by atoms with van der Waals surface area (Å²) in [6.45, 7) is 6.81. The van der Waals surface area contributed by atoms with Gasteiger partial charge in [-0.3, -0.25) is 0 Å². The van der Waals surface area contributed by atoms with E-state index in [-0.39, 0.29) is 0 Å². The lowest BCUT2D eigenvalue weighted by Gasteiger charge is -2.34. The molecule has 21 heavy (non-hydrogen) atoms. The van der Waals surface area contributed by atoms with E-state index in [4.69, 9.17) is 4.74 Å². The van der Waals surface area contributed by atoms with Crippen LogP contribution in [0.1, 0.15) is 32.3 Å². The molecule has 5 nitrogen and oxygen atoms in total. The van der Waals surface area contributed by atoms with Crippen LogP contribution in [0.3, 0.4) is 0 Å². The second-order valence-electron chi connectivity index (χ2n) is 5.70. The minimum atomic E-state index is -3.48. The average Bonchev–Trinajstić information content (AvgIpc) is 2.45. The highest BCUT2D eigenvalue weighted by Gasteiger charge is 2.32. The molecular formula is C15H24N2O3S. The number of ether oxygens (including phenoxy) is 1. The maximum atomic E-state index is 12.5. The maximum absolute atomic E-state index is 12.5. The zero-order valence-electron chi connectivity index (χ0n) is 12.7. The van der Waals surface area contributed by atoms with Crippen molar-refractivity contribution in [1.29, 1.82) is 0 Å².